The lowest BCUT2D eigenvalue weighted by Crippen LogP contribution is -2.22. The highest BCUT2D eigenvalue weighted by atomic mass is 32.2. The van der Waals surface area contributed by atoms with Crippen LogP contribution in [-0.2, 0) is 9.59 Å². The molecule has 1 aromatic carbocycles. The summed E-state index contributed by atoms with van der Waals surface area (Å²) < 4.78 is 2.09. The highest BCUT2D eigenvalue weighted by molar-refractivity contribution is 8.01. The molecule has 2 amide bonds. The largest absolute Gasteiger partial charge is 0.296 e. The first-order chi connectivity index (χ1) is 8.72. The van der Waals surface area contributed by atoms with Crippen molar-refractivity contribution in [2.75, 3.05) is 5.75 Å². The summed E-state index contributed by atoms with van der Waals surface area (Å²) in [5.41, 5.74) is 0.983. The summed E-state index contributed by atoms with van der Waals surface area (Å²) >= 11 is 3.16. The number of thiazole rings is 1. The van der Waals surface area contributed by atoms with Crippen LogP contribution in [0.15, 0.2) is 28.6 Å². The minimum absolute atomic E-state index is 0.159. The summed E-state index contributed by atoms with van der Waals surface area (Å²) in [7, 11) is 0. The molecular formula is C12H10N2O2S2. The van der Waals surface area contributed by atoms with Crippen LogP contribution in [0.4, 0.5) is 0 Å². The molecule has 18 heavy (non-hydrogen) atoms. The first-order valence-electron chi connectivity index (χ1n) is 5.54. The lowest BCUT2D eigenvalue weighted by atomic mass is 10.1. The minimum atomic E-state index is -0.213. The minimum Gasteiger partial charge on any atom is -0.296 e. The average molecular weight is 278 g/mol. The van der Waals surface area contributed by atoms with Crippen molar-refractivity contribution >= 4 is 45.1 Å². The van der Waals surface area contributed by atoms with E-state index in [1.807, 2.05) is 24.3 Å². The molecule has 1 fully saturated rings. The van der Waals surface area contributed by atoms with Crippen LogP contribution in [-0.4, -0.2) is 22.6 Å². The quantitative estimate of drug-likeness (QED) is 0.689. The van der Waals surface area contributed by atoms with Crippen molar-refractivity contribution in [2.24, 2.45) is 5.92 Å². The number of rotatable bonds is 3. The van der Waals surface area contributed by atoms with E-state index in [1.165, 1.54) is 0 Å². The van der Waals surface area contributed by atoms with Crippen molar-refractivity contribution < 1.29 is 9.59 Å². The molecule has 3 rings (SSSR count). The molecule has 0 saturated carbocycles. The van der Waals surface area contributed by atoms with E-state index in [0.29, 0.717) is 12.2 Å². The number of nitrogens with zero attached hydrogens (tertiary/aromatic N) is 1. The Morgan fingerprint density at radius 2 is 2.22 bits per heavy atom. The van der Waals surface area contributed by atoms with Gasteiger partial charge in [0.1, 0.15) is 0 Å². The first kappa shape index (κ1) is 11.7. The van der Waals surface area contributed by atoms with Gasteiger partial charge in [0.15, 0.2) is 4.34 Å². The van der Waals surface area contributed by atoms with Crippen molar-refractivity contribution in [1.82, 2.24) is 10.3 Å². The summed E-state index contributed by atoms with van der Waals surface area (Å²) in [6.07, 6.45) is 0.302. The number of aromatic nitrogens is 1. The van der Waals surface area contributed by atoms with Gasteiger partial charge in [0.05, 0.1) is 16.1 Å². The molecule has 92 valence electrons. The average Bonchev–Trinajstić information content (AvgIpc) is 2.89. The van der Waals surface area contributed by atoms with Gasteiger partial charge in [0.2, 0.25) is 11.8 Å². The number of nitrogens with one attached hydrogen (secondary N) is 1. The van der Waals surface area contributed by atoms with Gasteiger partial charge < -0.3 is 0 Å². The number of carbonyl (C=O) groups is 2. The maximum Gasteiger partial charge on any atom is 0.231 e. The predicted octanol–water partition coefficient (Wildman–Crippen LogP) is 2.05. The Bertz CT molecular complexity index is 590. The van der Waals surface area contributed by atoms with Crippen LogP contribution in [0.1, 0.15) is 6.42 Å². The summed E-state index contributed by atoms with van der Waals surface area (Å²) in [6.45, 7) is 0. The van der Waals surface area contributed by atoms with Crippen LogP contribution in [0, 0.1) is 5.92 Å². The van der Waals surface area contributed by atoms with Gasteiger partial charge in [0.25, 0.3) is 0 Å². The van der Waals surface area contributed by atoms with Gasteiger partial charge >= 0.3 is 0 Å². The third kappa shape index (κ3) is 2.26. The first-order valence-corrected chi connectivity index (χ1v) is 7.34. The summed E-state index contributed by atoms with van der Waals surface area (Å²) in [4.78, 5) is 27.0. The zero-order valence-corrected chi connectivity index (χ0v) is 11.0. The van der Waals surface area contributed by atoms with E-state index < -0.39 is 0 Å². The Morgan fingerprint density at radius 3 is 2.94 bits per heavy atom. The molecule has 2 heterocycles. The number of hydrogen-bond donors (Lipinski definition) is 1. The van der Waals surface area contributed by atoms with Crippen LogP contribution in [0.25, 0.3) is 10.2 Å². The van der Waals surface area contributed by atoms with Crippen LogP contribution < -0.4 is 5.32 Å². The van der Waals surface area contributed by atoms with Gasteiger partial charge in [-0.2, -0.15) is 0 Å². The molecule has 1 aromatic heterocycles. The van der Waals surface area contributed by atoms with E-state index in [9.17, 15) is 9.59 Å². The highest BCUT2D eigenvalue weighted by Crippen LogP contribution is 2.31. The molecule has 1 saturated heterocycles. The van der Waals surface area contributed by atoms with Crippen LogP contribution >= 0.6 is 23.1 Å². The van der Waals surface area contributed by atoms with E-state index in [2.05, 4.69) is 10.3 Å². The number of thioether (sulfide) groups is 1. The van der Waals surface area contributed by atoms with E-state index in [4.69, 9.17) is 0 Å². The fraction of sp³-hybridized carbons (Fsp3) is 0.250. The zero-order chi connectivity index (χ0) is 12.5. The summed E-state index contributed by atoms with van der Waals surface area (Å²) in [5.74, 6) is 0.0650. The fourth-order valence-electron chi connectivity index (χ4n) is 1.83. The van der Waals surface area contributed by atoms with Crippen molar-refractivity contribution in [3.05, 3.63) is 24.3 Å². The standard InChI is InChI=1S/C12H10N2O2S2/c15-10-5-7(11(16)14-10)6-17-12-13-8-3-1-2-4-9(8)18-12/h1-4,7H,5-6H2,(H,14,15,16). The number of hydrogen-bond acceptors (Lipinski definition) is 5. The second-order valence-corrected chi connectivity index (χ2v) is 6.37. The number of para-hydroxylation sites is 1. The maximum absolute atomic E-state index is 11.4. The molecule has 6 heteroatoms. The van der Waals surface area contributed by atoms with Crippen molar-refractivity contribution in [1.29, 1.82) is 0 Å². The van der Waals surface area contributed by atoms with Crippen molar-refractivity contribution in [3.63, 3.8) is 0 Å². The molecule has 2 aromatic rings. The third-order valence-corrected chi connectivity index (χ3v) is 5.09. The summed E-state index contributed by atoms with van der Waals surface area (Å²) in [5, 5.41) is 2.32. The fourth-order valence-corrected chi connectivity index (χ4v) is 4.01. The van der Waals surface area contributed by atoms with Gasteiger partial charge in [-0.3, -0.25) is 14.9 Å². The highest BCUT2D eigenvalue weighted by Gasteiger charge is 2.30. The normalized spacial score (nSPS) is 19.4. The molecule has 1 aliphatic heterocycles. The van der Waals surface area contributed by atoms with Gasteiger partial charge in [-0.25, -0.2) is 4.98 Å². The number of imide groups is 1. The number of benzene rings is 1. The molecular weight excluding hydrogens is 268 g/mol. The van der Waals surface area contributed by atoms with Crippen LogP contribution in [0.5, 0.6) is 0 Å². The lowest BCUT2D eigenvalue weighted by molar-refractivity contribution is -0.125. The van der Waals surface area contributed by atoms with E-state index in [-0.39, 0.29) is 17.7 Å². The van der Waals surface area contributed by atoms with Crippen LogP contribution in [0.3, 0.4) is 0 Å². The molecule has 0 bridgehead atoms. The molecule has 1 unspecified atom stereocenters. The van der Waals surface area contributed by atoms with E-state index >= 15 is 0 Å². The van der Waals surface area contributed by atoms with Gasteiger partial charge in [0, 0.05) is 12.2 Å². The maximum atomic E-state index is 11.4. The molecule has 0 radical (unpaired) electrons. The van der Waals surface area contributed by atoms with Crippen molar-refractivity contribution in [3.8, 4) is 0 Å². The third-order valence-electron chi connectivity index (χ3n) is 2.75. The van der Waals surface area contributed by atoms with Crippen LogP contribution in [0.2, 0.25) is 0 Å². The molecule has 0 aliphatic carbocycles. The Kier molecular flexibility index (Phi) is 3.05. The Morgan fingerprint density at radius 1 is 1.39 bits per heavy atom. The molecule has 1 atom stereocenters. The Balaban J connectivity index is 1.69. The van der Waals surface area contributed by atoms with Gasteiger partial charge in [-0.1, -0.05) is 23.9 Å². The van der Waals surface area contributed by atoms with Gasteiger partial charge in [-0.15, -0.1) is 11.3 Å². The second kappa shape index (κ2) is 4.70. The van der Waals surface area contributed by atoms with Crippen molar-refractivity contribution in [2.45, 2.75) is 10.8 Å². The predicted molar refractivity (Wildman–Crippen MR) is 71.6 cm³/mol. The SMILES string of the molecule is O=C1CC(CSc2nc3ccccc3s2)C(=O)N1. The smallest absolute Gasteiger partial charge is 0.231 e. The monoisotopic (exact) mass is 278 g/mol. The molecule has 1 aliphatic rings. The lowest BCUT2D eigenvalue weighted by Gasteiger charge is -2.02. The van der Waals surface area contributed by atoms with E-state index in [0.717, 1.165) is 14.6 Å². The Labute approximate surface area is 112 Å². The number of amides is 2. The topological polar surface area (TPSA) is 59.1 Å². The number of fused-ring (bicyclic) bond motifs is 1. The molecule has 4 nitrogen and oxygen atoms in total. The molecule has 0 spiro atoms. The number of carbonyl (C=O) groups excluding carboxylic acids is 2. The zero-order valence-electron chi connectivity index (χ0n) is 9.38. The van der Waals surface area contributed by atoms with E-state index in [1.54, 1.807) is 23.1 Å². The summed E-state index contributed by atoms with van der Waals surface area (Å²) in [6, 6.07) is 7.95. The molecule has 1 N–H and O–H groups in total. The van der Waals surface area contributed by atoms with Gasteiger partial charge in [-0.05, 0) is 12.1 Å². The Hall–Kier alpha value is -1.40. The second-order valence-electron chi connectivity index (χ2n) is 4.07.